The van der Waals surface area contributed by atoms with E-state index < -0.39 is 0 Å². The van der Waals surface area contributed by atoms with Crippen LogP contribution in [0.15, 0.2) is 36.9 Å². The summed E-state index contributed by atoms with van der Waals surface area (Å²) in [6, 6.07) is 8.44. The second kappa shape index (κ2) is 5.45. The highest BCUT2D eigenvalue weighted by molar-refractivity contribution is 5.29. The number of nitrogens with one attached hydrogen (secondary N) is 1. The average molecular weight is 191 g/mol. The molecule has 76 valence electrons. The van der Waals surface area contributed by atoms with Gasteiger partial charge in [0.05, 0.1) is 7.11 Å². The fourth-order valence-corrected chi connectivity index (χ4v) is 1.42. The van der Waals surface area contributed by atoms with Gasteiger partial charge in [0.1, 0.15) is 5.75 Å². The van der Waals surface area contributed by atoms with Gasteiger partial charge in [-0.05, 0) is 31.2 Å². The lowest BCUT2D eigenvalue weighted by molar-refractivity contribution is 0.414. The van der Waals surface area contributed by atoms with Crippen LogP contribution < -0.4 is 10.1 Å². The molecule has 14 heavy (non-hydrogen) atoms. The summed E-state index contributed by atoms with van der Waals surface area (Å²) in [5.41, 5.74) is 1.26. The van der Waals surface area contributed by atoms with E-state index >= 15 is 0 Å². The molecule has 0 amide bonds. The second-order valence-corrected chi connectivity index (χ2v) is 3.14. The minimum Gasteiger partial charge on any atom is -0.497 e. The van der Waals surface area contributed by atoms with Crippen molar-refractivity contribution >= 4 is 0 Å². The van der Waals surface area contributed by atoms with E-state index in [0.717, 1.165) is 12.2 Å². The number of hydrogen-bond donors (Lipinski definition) is 1. The van der Waals surface area contributed by atoms with Crippen LogP contribution in [-0.4, -0.2) is 14.2 Å². The van der Waals surface area contributed by atoms with E-state index in [4.69, 9.17) is 4.74 Å². The highest BCUT2D eigenvalue weighted by atomic mass is 16.5. The quantitative estimate of drug-likeness (QED) is 0.722. The van der Waals surface area contributed by atoms with Gasteiger partial charge in [-0.2, -0.15) is 0 Å². The van der Waals surface area contributed by atoms with Gasteiger partial charge < -0.3 is 10.1 Å². The molecule has 0 radical (unpaired) electrons. The maximum Gasteiger partial charge on any atom is 0.118 e. The predicted octanol–water partition coefficient (Wildman–Crippen LogP) is 2.53. The monoisotopic (exact) mass is 191 g/mol. The lowest BCUT2D eigenvalue weighted by atomic mass is 10.0. The zero-order valence-electron chi connectivity index (χ0n) is 8.79. The Kier molecular flexibility index (Phi) is 4.20. The van der Waals surface area contributed by atoms with Gasteiger partial charge in [-0.3, -0.25) is 0 Å². The Hall–Kier alpha value is -1.28. The number of rotatable bonds is 5. The van der Waals surface area contributed by atoms with E-state index in [1.165, 1.54) is 5.56 Å². The Bertz CT molecular complexity index is 279. The molecule has 0 fully saturated rings. The van der Waals surface area contributed by atoms with E-state index in [-0.39, 0.29) is 0 Å². The lowest BCUT2D eigenvalue weighted by Gasteiger charge is -2.14. The molecule has 1 aromatic carbocycles. The zero-order valence-corrected chi connectivity index (χ0v) is 8.79. The van der Waals surface area contributed by atoms with Gasteiger partial charge in [-0.25, -0.2) is 0 Å². The second-order valence-electron chi connectivity index (χ2n) is 3.14. The van der Waals surface area contributed by atoms with Gasteiger partial charge in [0.2, 0.25) is 0 Å². The standard InChI is InChI=1S/C12H17NO/c1-4-5-12(13-2)10-6-8-11(14-3)9-7-10/h4,6-9,12-13H,1,5H2,2-3H3. The summed E-state index contributed by atoms with van der Waals surface area (Å²) in [4.78, 5) is 0. The summed E-state index contributed by atoms with van der Waals surface area (Å²) in [6.45, 7) is 3.74. The highest BCUT2D eigenvalue weighted by Crippen LogP contribution is 2.19. The highest BCUT2D eigenvalue weighted by Gasteiger charge is 2.06. The molecule has 2 nitrogen and oxygen atoms in total. The van der Waals surface area contributed by atoms with E-state index in [2.05, 4.69) is 24.0 Å². The van der Waals surface area contributed by atoms with Crippen molar-refractivity contribution in [3.63, 3.8) is 0 Å². The fourth-order valence-electron chi connectivity index (χ4n) is 1.42. The van der Waals surface area contributed by atoms with Crippen LogP contribution in [0.4, 0.5) is 0 Å². The number of methoxy groups -OCH3 is 1. The van der Waals surface area contributed by atoms with E-state index in [9.17, 15) is 0 Å². The Morgan fingerprint density at radius 3 is 2.50 bits per heavy atom. The average Bonchev–Trinajstić information content (AvgIpc) is 2.26. The van der Waals surface area contributed by atoms with Crippen molar-refractivity contribution in [1.29, 1.82) is 0 Å². The van der Waals surface area contributed by atoms with Crippen LogP contribution in [0, 0.1) is 0 Å². The number of ether oxygens (including phenoxy) is 1. The van der Waals surface area contributed by atoms with E-state index in [1.54, 1.807) is 7.11 Å². The molecule has 0 saturated heterocycles. The summed E-state index contributed by atoms with van der Waals surface area (Å²) >= 11 is 0. The largest absolute Gasteiger partial charge is 0.497 e. The first-order valence-corrected chi connectivity index (χ1v) is 4.74. The van der Waals surface area contributed by atoms with Crippen LogP contribution in [0.2, 0.25) is 0 Å². The van der Waals surface area contributed by atoms with Crippen molar-refractivity contribution in [3.8, 4) is 5.75 Å². The Morgan fingerprint density at radius 2 is 2.07 bits per heavy atom. The zero-order chi connectivity index (χ0) is 10.4. The summed E-state index contributed by atoms with van der Waals surface area (Å²) in [5.74, 6) is 0.891. The summed E-state index contributed by atoms with van der Waals surface area (Å²) in [7, 11) is 3.63. The lowest BCUT2D eigenvalue weighted by Crippen LogP contribution is -2.15. The molecule has 0 aliphatic carbocycles. The minimum absolute atomic E-state index is 0.346. The van der Waals surface area contributed by atoms with Gasteiger partial charge in [-0.1, -0.05) is 18.2 Å². The maximum atomic E-state index is 5.10. The molecule has 1 rings (SSSR count). The predicted molar refractivity (Wildman–Crippen MR) is 59.6 cm³/mol. The van der Waals surface area contributed by atoms with Gasteiger partial charge >= 0.3 is 0 Å². The first kappa shape index (κ1) is 10.8. The topological polar surface area (TPSA) is 21.3 Å². The Morgan fingerprint density at radius 1 is 1.43 bits per heavy atom. The molecule has 1 aromatic rings. The summed E-state index contributed by atoms with van der Waals surface area (Å²) in [5, 5.41) is 3.24. The molecule has 0 spiro atoms. The smallest absolute Gasteiger partial charge is 0.118 e. The minimum atomic E-state index is 0.346. The molecule has 0 aliphatic heterocycles. The fraction of sp³-hybridized carbons (Fsp3) is 0.333. The molecule has 0 aliphatic rings. The van der Waals surface area contributed by atoms with Crippen molar-refractivity contribution in [2.45, 2.75) is 12.5 Å². The normalized spacial score (nSPS) is 12.1. The van der Waals surface area contributed by atoms with Crippen LogP contribution in [0.3, 0.4) is 0 Å². The molecule has 1 unspecified atom stereocenters. The molecule has 0 bridgehead atoms. The van der Waals surface area contributed by atoms with Crippen molar-refractivity contribution in [2.75, 3.05) is 14.2 Å². The van der Waals surface area contributed by atoms with Crippen molar-refractivity contribution in [3.05, 3.63) is 42.5 Å². The first-order chi connectivity index (χ1) is 6.81. The third-order valence-electron chi connectivity index (χ3n) is 2.27. The van der Waals surface area contributed by atoms with Crippen molar-refractivity contribution in [2.24, 2.45) is 0 Å². The third-order valence-corrected chi connectivity index (χ3v) is 2.27. The molecule has 0 aromatic heterocycles. The molecular formula is C12H17NO. The van der Waals surface area contributed by atoms with Gasteiger partial charge in [0.15, 0.2) is 0 Å². The molecule has 2 heteroatoms. The van der Waals surface area contributed by atoms with Gasteiger partial charge in [-0.15, -0.1) is 6.58 Å². The third kappa shape index (κ3) is 2.60. The molecule has 0 heterocycles. The SMILES string of the molecule is C=CCC(NC)c1ccc(OC)cc1. The number of hydrogen-bond acceptors (Lipinski definition) is 2. The van der Waals surface area contributed by atoms with Crippen molar-refractivity contribution in [1.82, 2.24) is 5.32 Å². The van der Waals surface area contributed by atoms with E-state index in [0.29, 0.717) is 6.04 Å². The summed E-state index contributed by atoms with van der Waals surface area (Å²) < 4.78 is 5.10. The van der Waals surface area contributed by atoms with Crippen LogP contribution in [0.5, 0.6) is 5.75 Å². The molecule has 1 atom stereocenters. The van der Waals surface area contributed by atoms with Crippen molar-refractivity contribution < 1.29 is 4.74 Å². The van der Waals surface area contributed by atoms with Crippen LogP contribution in [-0.2, 0) is 0 Å². The maximum absolute atomic E-state index is 5.10. The number of benzene rings is 1. The van der Waals surface area contributed by atoms with Crippen LogP contribution in [0.25, 0.3) is 0 Å². The van der Waals surface area contributed by atoms with Gasteiger partial charge in [0, 0.05) is 6.04 Å². The van der Waals surface area contributed by atoms with E-state index in [1.807, 2.05) is 25.3 Å². The molecular weight excluding hydrogens is 174 g/mol. The van der Waals surface area contributed by atoms with Crippen LogP contribution in [0.1, 0.15) is 18.0 Å². The summed E-state index contributed by atoms with van der Waals surface area (Å²) in [6.07, 6.45) is 2.86. The molecule has 0 saturated carbocycles. The van der Waals surface area contributed by atoms with Crippen LogP contribution >= 0.6 is 0 Å². The molecule has 1 N–H and O–H groups in total. The van der Waals surface area contributed by atoms with Gasteiger partial charge in [0.25, 0.3) is 0 Å². The first-order valence-electron chi connectivity index (χ1n) is 4.74. The Labute approximate surface area is 85.6 Å². The Balaban J connectivity index is 2.77.